The van der Waals surface area contributed by atoms with Gasteiger partial charge in [0.2, 0.25) is 23.6 Å². The Bertz CT molecular complexity index is 4990. The number of unbranched alkanes of at least 4 members (excludes halogenated alkanes) is 1. The molecule has 23 nitrogen and oxygen atoms in total. The van der Waals surface area contributed by atoms with Crippen molar-refractivity contribution in [1.29, 1.82) is 0 Å². The summed E-state index contributed by atoms with van der Waals surface area (Å²) in [4.78, 5) is 100. The molecule has 3 aliphatic heterocycles. The van der Waals surface area contributed by atoms with E-state index in [-0.39, 0.29) is 78.9 Å². The summed E-state index contributed by atoms with van der Waals surface area (Å²) >= 11 is 0. The number of halogens is 6. The Morgan fingerprint density at radius 1 is 0.496 bits per heavy atom. The van der Waals surface area contributed by atoms with E-state index in [0.29, 0.717) is 65.2 Å². The number of hydrogen-bond acceptors (Lipinski definition) is 19. The van der Waals surface area contributed by atoms with E-state index in [0.717, 1.165) is 113 Å². The Morgan fingerprint density at radius 3 is 1.29 bits per heavy atom. The Balaban J connectivity index is 0.000000265. The van der Waals surface area contributed by atoms with Gasteiger partial charge in [-0.25, -0.2) is 15.8 Å². The minimum Gasteiger partial charge on any atom is -0.339 e. The third kappa shape index (κ3) is 29.9. The van der Waals surface area contributed by atoms with E-state index in [2.05, 4.69) is 63.4 Å². The van der Waals surface area contributed by atoms with Gasteiger partial charge in [0.05, 0.1) is 17.9 Å². The molecule has 6 aromatic rings. The van der Waals surface area contributed by atoms with Crippen LogP contribution in [0.3, 0.4) is 0 Å². The number of para-hydroxylation sites is 1. The van der Waals surface area contributed by atoms with E-state index in [9.17, 15) is 73.6 Å². The molecule has 9 rings (SSSR count). The standard InChI is InChI=1S/C33H45F2NO6P2.C33H43F2NO6P2.C28H34F2N2O7P2/c2*1-24(26-17-19-27(20-18-26)33(34,35)44(40,41-39)42-43-5)22-29(37)23-30(32(2,3)4)31(38)36-21-11-16-28(36)15-10-9-14-25-12-7-6-8-13-25;1-20(21-12-14-23(15-13-21)28(29,30)41(37,38-36)39-40-3)17-25(33)18-22-9-7-8-16-32(27(22)35)19-26(34)31(2)24-10-5-4-6-11-24/h6-8,12-13,17-20,22,28,30,39,43H,9-11,14-16,21,23H2,1-5H3;6-8,10,12-13,15,17-20,22,28,30,39,43H,9,11,14,16,21,23H2,1-5H3;4-6,10-15,17,22,36,40H,7-9,16,18-19H2,1-3H3/b24-22+;15-10+,24-22+;20-17+/t2*28?,30-,44?;/m11./s1. The largest absolute Gasteiger partial charge is 0.433 e. The van der Waals surface area contributed by atoms with Crippen molar-refractivity contribution in [2.24, 2.45) is 28.6 Å². The lowest BCUT2D eigenvalue weighted by molar-refractivity contribution is -0.159. The molecule has 129 heavy (non-hydrogen) atoms. The van der Waals surface area contributed by atoms with Crippen LogP contribution in [0.2, 0.25) is 0 Å². The number of amides is 4. The van der Waals surface area contributed by atoms with Crippen LogP contribution in [0, 0.1) is 28.6 Å². The molecule has 3 fully saturated rings. The number of carbonyl (C=O) groups excluding carboxylic acids is 7. The number of anilines is 1. The van der Waals surface area contributed by atoms with E-state index in [4.69, 9.17) is 15.8 Å². The summed E-state index contributed by atoms with van der Waals surface area (Å²) in [6.07, 6.45) is 20.1. The van der Waals surface area contributed by atoms with Gasteiger partial charge in [0.25, 0.3) is 0 Å². The number of alkyl halides is 6. The zero-order valence-electron chi connectivity index (χ0n) is 75.3. The molecule has 35 heteroatoms. The molecule has 0 saturated carbocycles. The van der Waals surface area contributed by atoms with Crippen molar-refractivity contribution in [2.75, 3.05) is 58.1 Å². The van der Waals surface area contributed by atoms with Crippen LogP contribution in [-0.4, -0.2) is 137 Å². The summed E-state index contributed by atoms with van der Waals surface area (Å²) in [5, 5.41) is 26.5. The molecule has 11 atom stereocenters. The second-order valence-electron chi connectivity index (χ2n) is 34.3. The molecule has 6 aromatic carbocycles. The summed E-state index contributed by atoms with van der Waals surface area (Å²) in [5.41, 5.74) is -8.86. The zero-order valence-corrected chi connectivity index (χ0v) is 81.0. The molecule has 4 amide bonds. The molecule has 9 unspecified atom stereocenters. The molecule has 0 aromatic heterocycles. The fourth-order valence-electron chi connectivity index (χ4n) is 15.5. The quantitative estimate of drug-likeness (QED) is 0.00611. The SMILES string of the molecule is CPOP(=O)(OO)C(F)(F)c1ccc(/C(C)=C/C(=O)CC2CCCCN(CC(=O)N(C)c3ccccc3)C2=O)cc1.CPOP(=O)(OO)C(F)(F)c1ccc(/C(C)=C/C(=O)C[C@H](C(=O)N2CCCC2/C=C/CCc2ccccc2)C(C)(C)C)cc1.CPOP(=O)(OO)C(F)(F)c1ccc(/C(C)=C/C(=O)C[C@H](C(=O)N2CCCC2CCCCc2ccccc2)C(C)(C)C)cc1. The number of carbonyl (C=O) groups is 7. The Hall–Kier alpha value is -7.63. The number of benzene rings is 6. The van der Waals surface area contributed by atoms with Gasteiger partial charge in [-0.15, -0.1) is 14.0 Å². The van der Waals surface area contributed by atoms with Crippen LogP contribution in [0.15, 0.2) is 194 Å². The zero-order chi connectivity index (χ0) is 95.3. The van der Waals surface area contributed by atoms with Gasteiger partial charge in [0.1, 0.15) is 6.54 Å². The van der Waals surface area contributed by atoms with Crippen LogP contribution < -0.4 is 4.90 Å². The molecule has 704 valence electrons. The highest BCUT2D eigenvalue weighted by Crippen LogP contribution is 2.71. The summed E-state index contributed by atoms with van der Waals surface area (Å²) in [6, 6.07) is 44.3. The number of likely N-dealkylation sites (N-methyl/N-ethyl adjacent to an activating group) is 1. The van der Waals surface area contributed by atoms with Crippen LogP contribution >= 0.6 is 49.2 Å². The topological polar surface area (TPSA) is 300 Å². The lowest BCUT2D eigenvalue weighted by Crippen LogP contribution is -2.44. The normalized spacial score (nSPS) is 18.5. The number of rotatable bonds is 41. The molecule has 3 saturated heterocycles. The van der Waals surface area contributed by atoms with Crippen molar-refractivity contribution < 1.29 is 116 Å². The Morgan fingerprint density at radius 2 is 0.884 bits per heavy atom. The molecule has 3 N–H and O–H groups in total. The van der Waals surface area contributed by atoms with Crippen molar-refractivity contribution in [3.63, 3.8) is 0 Å². The van der Waals surface area contributed by atoms with Crippen molar-refractivity contribution in [3.8, 4) is 0 Å². The maximum Gasteiger partial charge on any atom is 0.433 e. The molecule has 3 aliphatic rings. The second kappa shape index (κ2) is 49.9. The lowest BCUT2D eigenvalue weighted by Gasteiger charge is -2.35. The van der Waals surface area contributed by atoms with E-state index in [1.54, 1.807) is 40.0 Å². The summed E-state index contributed by atoms with van der Waals surface area (Å²) in [6.45, 7) is 22.6. The van der Waals surface area contributed by atoms with Gasteiger partial charge in [-0.3, -0.25) is 60.2 Å². The van der Waals surface area contributed by atoms with Gasteiger partial charge in [-0.05, 0) is 197 Å². The molecule has 0 aliphatic carbocycles. The second-order valence-corrected chi connectivity index (χ2v) is 42.9. The first-order chi connectivity index (χ1) is 60.9. The summed E-state index contributed by atoms with van der Waals surface area (Å²) < 4.78 is 150. The Labute approximate surface area is 759 Å². The van der Waals surface area contributed by atoms with Gasteiger partial charge in [-0.1, -0.05) is 218 Å². The highest BCUT2D eigenvalue weighted by atomic mass is 31.2. The van der Waals surface area contributed by atoms with Crippen molar-refractivity contribution in [1.82, 2.24) is 14.7 Å². The van der Waals surface area contributed by atoms with E-state index in [1.807, 2.05) is 106 Å². The fraction of sp³-hybridized carbons (Fsp3) is 0.457. The van der Waals surface area contributed by atoms with Gasteiger partial charge in [-0.2, -0.15) is 26.3 Å². The predicted molar refractivity (Wildman–Crippen MR) is 498 cm³/mol. The maximum absolute atomic E-state index is 14.8. The molecule has 3 heterocycles. The molecule has 0 radical (unpaired) electrons. The number of likely N-dealkylation sites (tertiary alicyclic amines) is 3. The smallest absolute Gasteiger partial charge is 0.339 e. The van der Waals surface area contributed by atoms with E-state index < -0.39 is 111 Å². The molecule has 0 bridgehead atoms. The van der Waals surface area contributed by atoms with Crippen LogP contribution in [0.5, 0.6) is 0 Å². The first kappa shape index (κ1) is 108. The lowest BCUT2D eigenvalue weighted by atomic mass is 9.76. The monoisotopic (exact) mass is 1910 g/mol. The fourth-order valence-corrected chi connectivity index (χ4v) is 21.9. The van der Waals surface area contributed by atoms with Crippen LogP contribution in [0.25, 0.3) is 16.7 Å². The van der Waals surface area contributed by atoms with Crippen molar-refractivity contribution in [3.05, 3.63) is 239 Å². The summed E-state index contributed by atoms with van der Waals surface area (Å²) in [5.74, 6) is -2.88. The van der Waals surface area contributed by atoms with Gasteiger partial charge >= 0.3 is 39.8 Å². The average molecular weight is 1910 g/mol. The minimum atomic E-state index is -5.15. The van der Waals surface area contributed by atoms with Crippen LogP contribution in [0.4, 0.5) is 32.0 Å². The third-order valence-electron chi connectivity index (χ3n) is 23.0. The van der Waals surface area contributed by atoms with Crippen LogP contribution in [0.1, 0.15) is 197 Å². The third-order valence-corrected chi connectivity index (χ3v) is 31.6. The van der Waals surface area contributed by atoms with E-state index in [1.165, 1.54) is 95.5 Å². The molecular weight excluding hydrogens is 1790 g/mol. The van der Waals surface area contributed by atoms with Crippen molar-refractivity contribution in [2.45, 2.75) is 194 Å². The van der Waals surface area contributed by atoms with E-state index >= 15 is 0 Å². The van der Waals surface area contributed by atoms with Crippen LogP contribution in [-0.2, 0) is 104 Å². The summed E-state index contributed by atoms with van der Waals surface area (Å²) in [7, 11) is -15.6. The average Bonchev–Trinajstić information content (AvgIpc) is 1.49. The number of hydrogen-bond donors (Lipinski definition) is 3. The van der Waals surface area contributed by atoms with Gasteiger partial charge in [0.15, 0.2) is 17.3 Å². The number of aryl methyl sites for hydroxylation is 2. The number of nitrogens with zero attached hydrogens (tertiary/aromatic N) is 4. The molecular formula is C94H122F6N4O19P6. The first-order valence-corrected chi connectivity index (χ1v) is 51.7. The predicted octanol–water partition coefficient (Wildman–Crippen LogP) is 24.3. The number of ketones is 3. The first-order valence-electron chi connectivity index (χ1n) is 42.8. The highest BCUT2D eigenvalue weighted by Gasteiger charge is 2.58. The maximum atomic E-state index is 14.8. The highest BCUT2D eigenvalue weighted by molar-refractivity contribution is 7.61. The minimum absolute atomic E-state index is 0.00174. The Kier molecular flexibility index (Phi) is 41.9. The number of allylic oxidation sites excluding steroid dienone is 7. The van der Waals surface area contributed by atoms with Gasteiger partial charge < -0.3 is 19.6 Å². The molecule has 0 spiro atoms. The van der Waals surface area contributed by atoms with Crippen molar-refractivity contribution >= 4 is 113 Å². The van der Waals surface area contributed by atoms with Gasteiger partial charge in [0, 0.05) is 107 Å².